The third-order valence-corrected chi connectivity index (χ3v) is 4.88. The molecule has 2 aromatic heterocycles. The minimum absolute atomic E-state index is 0.136. The average Bonchev–Trinajstić information content (AvgIpc) is 3.20. The summed E-state index contributed by atoms with van der Waals surface area (Å²) in [4.78, 5) is 29.5. The summed E-state index contributed by atoms with van der Waals surface area (Å²) in [6.07, 6.45) is 0. The van der Waals surface area contributed by atoms with E-state index in [1.54, 1.807) is 6.92 Å². The van der Waals surface area contributed by atoms with E-state index in [9.17, 15) is 18.4 Å². The third kappa shape index (κ3) is 4.22. The van der Waals surface area contributed by atoms with E-state index in [0.29, 0.717) is 11.8 Å². The molecule has 0 fully saturated rings. The first-order valence-corrected chi connectivity index (χ1v) is 9.01. The molecule has 2 amide bonds. The summed E-state index contributed by atoms with van der Waals surface area (Å²) in [6.45, 7) is 5.43. The van der Waals surface area contributed by atoms with Crippen LogP contribution in [0.1, 0.15) is 42.2 Å². The first kappa shape index (κ1) is 19.6. The predicted octanol–water partition coefficient (Wildman–Crippen LogP) is 3.52. The summed E-state index contributed by atoms with van der Waals surface area (Å²) in [7, 11) is 0. The quantitative estimate of drug-likeness (QED) is 0.676. The van der Waals surface area contributed by atoms with Gasteiger partial charge in [-0.05, 0) is 26.8 Å². The minimum Gasteiger partial charge on any atom is -0.351 e. The van der Waals surface area contributed by atoms with Gasteiger partial charge in [0.05, 0.1) is 34.2 Å². The van der Waals surface area contributed by atoms with Gasteiger partial charge in [0.15, 0.2) is 0 Å². The van der Waals surface area contributed by atoms with Crippen LogP contribution in [-0.2, 0) is 6.54 Å². The fourth-order valence-corrected chi connectivity index (χ4v) is 3.34. The van der Waals surface area contributed by atoms with Crippen molar-refractivity contribution < 1.29 is 22.9 Å². The number of aryl methyl sites for hydroxylation is 3. The molecule has 0 aliphatic carbocycles. The Morgan fingerprint density at radius 3 is 2.46 bits per heavy atom. The number of hydrogen-bond acceptors (Lipinski definition) is 6. The topological polar surface area (TPSA) is 97.1 Å². The van der Waals surface area contributed by atoms with Crippen LogP contribution >= 0.6 is 11.3 Å². The number of carbonyl (C=O) groups excluding carboxylic acids is 2. The number of carbonyl (C=O) groups is 2. The molecule has 1 aromatic carbocycles. The molecule has 28 heavy (non-hydrogen) atoms. The number of aromatic nitrogens is 2. The van der Waals surface area contributed by atoms with E-state index in [1.807, 2.05) is 13.8 Å². The molecular weight excluding hydrogens is 390 g/mol. The molecule has 7 nitrogen and oxygen atoms in total. The highest BCUT2D eigenvalue weighted by Crippen LogP contribution is 2.21. The van der Waals surface area contributed by atoms with E-state index in [0.717, 1.165) is 21.6 Å². The Kier molecular flexibility index (Phi) is 5.50. The van der Waals surface area contributed by atoms with Crippen molar-refractivity contribution in [2.24, 2.45) is 0 Å². The minimum atomic E-state index is -1.04. The number of thiazole rings is 1. The molecule has 0 aliphatic rings. The van der Waals surface area contributed by atoms with Crippen molar-refractivity contribution in [3.8, 4) is 0 Å². The van der Waals surface area contributed by atoms with Crippen LogP contribution in [0.25, 0.3) is 0 Å². The summed E-state index contributed by atoms with van der Waals surface area (Å²) >= 11 is 1.42. The summed E-state index contributed by atoms with van der Waals surface area (Å²) in [5, 5.41) is 9.23. The fraction of sp³-hybridized carbons (Fsp3) is 0.222. The number of nitrogens with zero attached hydrogens (tertiary/aromatic N) is 2. The predicted molar refractivity (Wildman–Crippen MR) is 98.3 cm³/mol. The Balaban J connectivity index is 1.77. The normalized spacial score (nSPS) is 10.8. The van der Waals surface area contributed by atoms with Crippen LogP contribution in [0, 0.1) is 32.4 Å². The van der Waals surface area contributed by atoms with Crippen LogP contribution in [0.15, 0.2) is 22.7 Å². The highest BCUT2D eigenvalue weighted by atomic mass is 32.1. The summed E-state index contributed by atoms with van der Waals surface area (Å²) in [5.74, 6) is -3.71. The molecule has 3 rings (SSSR count). The molecule has 0 saturated heterocycles. The fourth-order valence-electron chi connectivity index (χ4n) is 2.47. The Bertz CT molecular complexity index is 1060. The SMILES string of the molecule is Cc1cc(C(=O)Nc2cc(C(=O)NCc3sc(C)nc3C)c(F)cc2F)on1. The molecule has 2 N–H and O–H groups in total. The number of benzene rings is 1. The average molecular weight is 406 g/mol. The molecule has 0 radical (unpaired) electrons. The van der Waals surface area contributed by atoms with Crippen LogP contribution in [-0.4, -0.2) is 22.0 Å². The van der Waals surface area contributed by atoms with Gasteiger partial charge in [0.2, 0.25) is 5.76 Å². The zero-order valence-corrected chi connectivity index (χ0v) is 16.0. The van der Waals surface area contributed by atoms with Crippen LogP contribution in [0.4, 0.5) is 14.5 Å². The van der Waals surface area contributed by atoms with E-state index in [2.05, 4.69) is 20.8 Å². The number of amides is 2. The van der Waals surface area contributed by atoms with Gasteiger partial charge in [-0.25, -0.2) is 13.8 Å². The van der Waals surface area contributed by atoms with Crippen LogP contribution < -0.4 is 10.6 Å². The lowest BCUT2D eigenvalue weighted by Crippen LogP contribution is -2.24. The molecule has 0 unspecified atom stereocenters. The molecule has 0 bridgehead atoms. The molecule has 0 atom stereocenters. The molecular formula is C18H16F2N4O3S. The lowest BCUT2D eigenvalue weighted by Gasteiger charge is -2.09. The first-order valence-electron chi connectivity index (χ1n) is 8.19. The van der Waals surface area contributed by atoms with Crippen molar-refractivity contribution in [1.29, 1.82) is 0 Å². The maximum atomic E-state index is 14.1. The number of halogens is 2. The number of rotatable bonds is 5. The smallest absolute Gasteiger partial charge is 0.294 e. The lowest BCUT2D eigenvalue weighted by atomic mass is 10.1. The lowest BCUT2D eigenvalue weighted by molar-refractivity contribution is 0.0944. The summed E-state index contributed by atoms with van der Waals surface area (Å²) in [5.41, 5.74) is 0.496. The molecule has 0 aliphatic heterocycles. The molecule has 0 spiro atoms. The third-order valence-electron chi connectivity index (χ3n) is 3.81. The van der Waals surface area contributed by atoms with Crippen molar-refractivity contribution in [3.05, 3.63) is 62.4 Å². The zero-order valence-electron chi connectivity index (χ0n) is 15.2. The van der Waals surface area contributed by atoms with Crippen LogP contribution in [0.2, 0.25) is 0 Å². The van der Waals surface area contributed by atoms with Crippen molar-refractivity contribution in [2.75, 3.05) is 5.32 Å². The molecule has 10 heteroatoms. The maximum absolute atomic E-state index is 14.1. The van der Waals surface area contributed by atoms with E-state index in [-0.39, 0.29) is 18.0 Å². The van der Waals surface area contributed by atoms with Gasteiger partial charge in [-0.1, -0.05) is 5.16 Å². The van der Waals surface area contributed by atoms with E-state index in [4.69, 9.17) is 4.52 Å². The highest BCUT2D eigenvalue weighted by molar-refractivity contribution is 7.11. The molecule has 146 valence electrons. The van der Waals surface area contributed by atoms with Gasteiger partial charge in [0, 0.05) is 17.0 Å². The van der Waals surface area contributed by atoms with Gasteiger partial charge in [0.25, 0.3) is 11.8 Å². The van der Waals surface area contributed by atoms with Gasteiger partial charge >= 0.3 is 0 Å². The zero-order chi connectivity index (χ0) is 20.4. The number of hydrogen-bond donors (Lipinski definition) is 2. The summed E-state index contributed by atoms with van der Waals surface area (Å²) < 4.78 is 32.9. The van der Waals surface area contributed by atoms with Crippen molar-refractivity contribution in [3.63, 3.8) is 0 Å². The standard InChI is InChI=1S/C18H16F2N4O3S/c1-8-4-15(27-24-8)18(26)23-14-5-11(12(19)6-13(14)20)17(25)21-7-16-9(2)22-10(3)28-16/h4-6H,7H2,1-3H3,(H,21,25)(H,23,26). The van der Waals surface area contributed by atoms with Crippen molar-refractivity contribution in [2.45, 2.75) is 27.3 Å². The van der Waals surface area contributed by atoms with E-state index < -0.39 is 29.0 Å². The van der Waals surface area contributed by atoms with E-state index >= 15 is 0 Å². The molecule has 3 aromatic rings. The van der Waals surface area contributed by atoms with Crippen LogP contribution in [0.3, 0.4) is 0 Å². The number of anilines is 1. The first-order chi connectivity index (χ1) is 13.2. The van der Waals surface area contributed by atoms with Gasteiger partial charge in [-0.15, -0.1) is 11.3 Å². The monoisotopic (exact) mass is 406 g/mol. The molecule has 2 heterocycles. The Morgan fingerprint density at radius 2 is 1.86 bits per heavy atom. The second kappa shape index (κ2) is 7.85. The second-order valence-electron chi connectivity index (χ2n) is 6.02. The van der Waals surface area contributed by atoms with E-state index in [1.165, 1.54) is 17.4 Å². The summed E-state index contributed by atoms with van der Waals surface area (Å²) in [6, 6.07) is 2.84. The van der Waals surface area contributed by atoms with Gasteiger partial charge < -0.3 is 15.2 Å². The van der Waals surface area contributed by atoms with Gasteiger partial charge in [-0.3, -0.25) is 9.59 Å². The van der Waals surface area contributed by atoms with Crippen molar-refractivity contribution in [1.82, 2.24) is 15.5 Å². The van der Waals surface area contributed by atoms with Crippen molar-refractivity contribution >= 4 is 28.8 Å². The van der Waals surface area contributed by atoms with Gasteiger partial charge in [0.1, 0.15) is 11.6 Å². The molecule has 0 saturated carbocycles. The second-order valence-corrected chi connectivity index (χ2v) is 7.31. The largest absolute Gasteiger partial charge is 0.351 e. The number of nitrogens with one attached hydrogen (secondary N) is 2. The maximum Gasteiger partial charge on any atom is 0.294 e. The Hall–Kier alpha value is -3.14. The Morgan fingerprint density at radius 1 is 1.11 bits per heavy atom. The Labute approximate surface area is 162 Å². The van der Waals surface area contributed by atoms with Gasteiger partial charge in [-0.2, -0.15) is 0 Å². The van der Waals surface area contributed by atoms with Crippen LogP contribution in [0.5, 0.6) is 0 Å². The highest BCUT2D eigenvalue weighted by Gasteiger charge is 2.20.